The minimum absolute atomic E-state index is 0.0528. The molecule has 1 aliphatic heterocycles. The van der Waals surface area contributed by atoms with E-state index in [1.807, 2.05) is 11.0 Å². The third-order valence-electron chi connectivity index (χ3n) is 5.35. The monoisotopic (exact) mass is 301 g/mol. The van der Waals surface area contributed by atoms with Gasteiger partial charge in [0, 0.05) is 13.1 Å². The molecule has 0 bridgehead atoms. The first-order valence-corrected chi connectivity index (χ1v) is 8.14. The maximum absolute atomic E-state index is 12.5. The molecule has 4 nitrogen and oxygen atoms in total. The van der Waals surface area contributed by atoms with E-state index in [9.17, 15) is 9.59 Å². The Hall–Kier alpha value is -1.84. The van der Waals surface area contributed by atoms with Crippen molar-refractivity contribution in [3.63, 3.8) is 0 Å². The van der Waals surface area contributed by atoms with Crippen LogP contribution >= 0.6 is 0 Å². The van der Waals surface area contributed by atoms with Crippen LogP contribution in [0.15, 0.2) is 30.3 Å². The first kappa shape index (κ1) is 15.1. The van der Waals surface area contributed by atoms with Crippen molar-refractivity contribution in [3.8, 4) is 0 Å². The smallest absolute Gasteiger partial charge is 0.307 e. The summed E-state index contributed by atoms with van der Waals surface area (Å²) in [5, 5.41) is 9.12. The van der Waals surface area contributed by atoms with Gasteiger partial charge in [-0.2, -0.15) is 0 Å². The van der Waals surface area contributed by atoms with Crippen LogP contribution in [0.3, 0.4) is 0 Å². The molecular weight excluding hydrogens is 278 g/mol. The summed E-state index contributed by atoms with van der Waals surface area (Å²) in [6.07, 6.45) is 2.33. The van der Waals surface area contributed by atoms with Crippen molar-refractivity contribution in [1.29, 1.82) is 0 Å². The van der Waals surface area contributed by atoms with Gasteiger partial charge >= 0.3 is 5.97 Å². The number of amides is 1. The number of hydrogen-bond acceptors (Lipinski definition) is 2. The molecule has 1 saturated carbocycles. The number of benzene rings is 1. The van der Waals surface area contributed by atoms with Crippen LogP contribution in [0.2, 0.25) is 0 Å². The summed E-state index contributed by atoms with van der Waals surface area (Å²) >= 11 is 0. The van der Waals surface area contributed by atoms with Crippen molar-refractivity contribution in [1.82, 2.24) is 4.90 Å². The van der Waals surface area contributed by atoms with Gasteiger partial charge in [0.05, 0.1) is 11.8 Å². The highest BCUT2D eigenvalue weighted by atomic mass is 16.4. The van der Waals surface area contributed by atoms with E-state index in [0.717, 1.165) is 25.9 Å². The predicted octanol–water partition coefficient (Wildman–Crippen LogP) is 2.75. The zero-order valence-electron chi connectivity index (χ0n) is 12.9. The van der Waals surface area contributed by atoms with Crippen molar-refractivity contribution in [2.75, 3.05) is 13.1 Å². The molecule has 1 aromatic rings. The average Bonchev–Trinajstić information content (AvgIpc) is 2.46. The van der Waals surface area contributed by atoms with Gasteiger partial charge in [-0.05, 0) is 36.7 Å². The second kappa shape index (κ2) is 6.11. The molecule has 3 rings (SSSR count). The van der Waals surface area contributed by atoms with Crippen LogP contribution in [-0.4, -0.2) is 35.0 Å². The molecule has 1 aliphatic carbocycles. The quantitative estimate of drug-likeness (QED) is 0.934. The second-order valence-electron chi connectivity index (χ2n) is 6.70. The van der Waals surface area contributed by atoms with E-state index in [1.165, 1.54) is 5.56 Å². The van der Waals surface area contributed by atoms with Gasteiger partial charge in [0.25, 0.3) is 0 Å². The fourth-order valence-corrected chi connectivity index (χ4v) is 3.87. The Bertz CT molecular complexity index is 557. The highest BCUT2D eigenvalue weighted by Gasteiger charge is 2.44. The van der Waals surface area contributed by atoms with Crippen molar-refractivity contribution < 1.29 is 14.7 Å². The maximum Gasteiger partial charge on any atom is 0.307 e. The molecule has 1 amide bonds. The third-order valence-corrected chi connectivity index (χ3v) is 5.35. The van der Waals surface area contributed by atoms with Gasteiger partial charge < -0.3 is 10.0 Å². The van der Waals surface area contributed by atoms with Crippen LogP contribution in [-0.2, 0) is 9.59 Å². The molecule has 22 heavy (non-hydrogen) atoms. The lowest BCUT2D eigenvalue weighted by Gasteiger charge is -2.42. The minimum atomic E-state index is -0.822. The summed E-state index contributed by atoms with van der Waals surface area (Å²) in [5.74, 6) is -0.633. The van der Waals surface area contributed by atoms with Gasteiger partial charge in [-0.1, -0.05) is 37.3 Å². The number of likely N-dealkylation sites (tertiary alicyclic amines) is 1. The molecule has 4 unspecified atom stereocenters. The van der Waals surface area contributed by atoms with E-state index in [0.29, 0.717) is 18.3 Å². The molecule has 118 valence electrons. The van der Waals surface area contributed by atoms with Crippen LogP contribution in [0.1, 0.15) is 37.7 Å². The Labute approximate surface area is 131 Å². The fourth-order valence-electron chi connectivity index (χ4n) is 3.87. The van der Waals surface area contributed by atoms with Gasteiger partial charge in [-0.15, -0.1) is 0 Å². The zero-order valence-corrected chi connectivity index (χ0v) is 12.9. The number of carboxylic acid groups (broad SMARTS) is 1. The standard InChI is InChI=1S/C18H23NO3/c1-12-11-19(17(20)15-7-8-16(15)18(21)22)10-9-14(12)13-5-3-2-4-6-13/h2-6,12,14-16H,7-11H2,1H3,(H,21,22). The number of rotatable bonds is 3. The van der Waals surface area contributed by atoms with Crippen molar-refractivity contribution in [3.05, 3.63) is 35.9 Å². The predicted molar refractivity (Wildman–Crippen MR) is 83.4 cm³/mol. The SMILES string of the molecule is CC1CN(C(=O)C2CCC2C(=O)O)CCC1c1ccccc1. The molecule has 1 heterocycles. The Morgan fingerprint density at radius 1 is 1.09 bits per heavy atom. The molecule has 1 N–H and O–H groups in total. The number of nitrogens with zero attached hydrogens (tertiary/aromatic N) is 1. The number of hydrogen-bond donors (Lipinski definition) is 1. The van der Waals surface area contributed by atoms with Gasteiger partial charge in [0.2, 0.25) is 5.91 Å². The Morgan fingerprint density at radius 2 is 1.77 bits per heavy atom. The Morgan fingerprint density at radius 3 is 2.32 bits per heavy atom. The summed E-state index contributed by atoms with van der Waals surface area (Å²) in [4.78, 5) is 25.5. The summed E-state index contributed by atoms with van der Waals surface area (Å²) in [5.41, 5.74) is 1.34. The van der Waals surface area contributed by atoms with Crippen LogP contribution in [0.5, 0.6) is 0 Å². The van der Waals surface area contributed by atoms with Crippen LogP contribution < -0.4 is 0 Å². The second-order valence-corrected chi connectivity index (χ2v) is 6.70. The lowest BCUT2D eigenvalue weighted by molar-refractivity contribution is -0.157. The molecule has 2 aliphatic rings. The molecule has 1 saturated heterocycles. The number of piperidine rings is 1. The lowest BCUT2D eigenvalue weighted by atomic mass is 9.72. The molecule has 2 fully saturated rings. The van der Waals surface area contributed by atoms with E-state index in [1.54, 1.807) is 0 Å². The Balaban J connectivity index is 1.63. The molecule has 1 aromatic carbocycles. The molecule has 0 spiro atoms. The number of aliphatic carboxylic acids is 1. The van der Waals surface area contributed by atoms with E-state index < -0.39 is 11.9 Å². The molecule has 4 atom stereocenters. The minimum Gasteiger partial charge on any atom is -0.481 e. The van der Waals surface area contributed by atoms with Crippen molar-refractivity contribution >= 4 is 11.9 Å². The van der Waals surface area contributed by atoms with Crippen LogP contribution in [0, 0.1) is 17.8 Å². The topological polar surface area (TPSA) is 57.6 Å². The first-order chi connectivity index (χ1) is 10.6. The number of carboxylic acids is 1. The molecule has 0 radical (unpaired) electrons. The van der Waals surface area contributed by atoms with Gasteiger partial charge in [0.1, 0.15) is 0 Å². The molecule has 0 aromatic heterocycles. The number of carbonyl (C=O) groups is 2. The van der Waals surface area contributed by atoms with E-state index >= 15 is 0 Å². The third kappa shape index (κ3) is 2.74. The van der Waals surface area contributed by atoms with Crippen LogP contribution in [0.4, 0.5) is 0 Å². The van der Waals surface area contributed by atoms with E-state index in [2.05, 4.69) is 31.2 Å². The van der Waals surface area contributed by atoms with Gasteiger partial charge in [-0.25, -0.2) is 0 Å². The molecule has 4 heteroatoms. The average molecular weight is 301 g/mol. The van der Waals surface area contributed by atoms with Crippen molar-refractivity contribution in [2.45, 2.75) is 32.1 Å². The normalized spacial score (nSPS) is 31.4. The van der Waals surface area contributed by atoms with Gasteiger partial charge in [0.15, 0.2) is 0 Å². The lowest BCUT2D eigenvalue weighted by Crippen LogP contribution is -2.50. The largest absolute Gasteiger partial charge is 0.481 e. The first-order valence-electron chi connectivity index (χ1n) is 8.14. The fraction of sp³-hybridized carbons (Fsp3) is 0.556. The summed E-state index contributed by atoms with van der Waals surface area (Å²) in [7, 11) is 0. The summed E-state index contributed by atoms with van der Waals surface area (Å²) in [6, 6.07) is 10.5. The Kier molecular flexibility index (Phi) is 4.19. The number of carbonyl (C=O) groups excluding carboxylic acids is 1. The van der Waals surface area contributed by atoms with Crippen molar-refractivity contribution in [2.24, 2.45) is 17.8 Å². The summed E-state index contributed by atoms with van der Waals surface area (Å²) in [6.45, 7) is 3.67. The maximum atomic E-state index is 12.5. The van der Waals surface area contributed by atoms with E-state index in [4.69, 9.17) is 5.11 Å². The van der Waals surface area contributed by atoms with Crippen LogP contribution in [0.25, 0.3) is 0 Å². The summed E-state index contributed by atoms with van der Waals surface area (Å²) < 4.78 is 0. The zero-order chi connectivity index (χ0) is 15.7. The highest BCUT2D eigenvalue weighted by Crippen LogP contribution is 2.38. The highest BCUT2D eigenvalue weighted by molar-refractivity contribution is 5.86. The van der Waals surface area contributed by atoms with E-state index in [-0.39, 0.29) is 11.8 Å². The molecular formula is C18H23NO3. The van der Waals surface area contributed by atoms with Gasteiger partial charge in [-0.3, -0.25) is 9.59 Å².